The smallest absolute Gasteiger partial charge is 0.232 e. The van der Waals surface area contributed by atoms with E-state index in [2.05, 4.69) is 9.97 Å². The molecule has 9 heteroatoms. The highest BCUT2D eigenvalue weighted by Gasteiger charge is 2.23. The fourth-order valence-electron chi connectivity index (χ4n) is 2.32. The van der Waals surface area contributed by atoms with Gasteiger partial charge >= 0.3 is 0 Å². The van der Waals surface area contributed by atoms with Crippen LogP contribution >= 0.6 is 11.8 Å². The number of amides is 1. The first-order valence-corrected chi connectivity index (χ1v) is 8.65. The SMILES string of the molecule is CN(CC1COc2ccccc2O1)C(=O)CSc1nc(N)cc(N)n1. The Balaban J connectivity index is 1.51. The number of para-hydroxylation sites is 2. The van der Waals surface area contributed by atoms with Gasteiger partial charge in [-0.3, -0.25) is 4.79 Å². The molecule has 0 spiro atoms. The van der Waals surface area contributed by atoms with Gasteiger partial charge in [0.2, 0.25) is 5.91 Å². The van der Waals surface area contributed by atoms with Crippen LogP contribution in [0.5, 0.6) is 11.5 Å². The summed E-state index contributed by atoms with van der Waals surface area (Å²) in [5.74, 6) is 2.09. The number of hydrogen-bond acceptors (Lipinski definition) is 8. The van der Waals surface area contributed by atoms with Crippen LogP contribution in [0.2, 0.25) is 0 Å². The van der Waals surface area contributed by atoms with Gasteiger partial charge in [-0.15, -0.1) is 0 Å². The van der Waals surface area contributed by atoms with E-state index in [1.165, 1.54) is 17.8 Å². The summed E-state index contributed by atoms with van der Waals surface area (Å²) in [6.07, 6.45) is -0.215. The van der Waals surface area contributed by atoms with Crippen LogP contribution in [-0.4, -0.2) is 52.8 Å². The maximum atomic E-state index is 12.3. The molecule has 1 aliphatic rings. The van der Waals surface area contributed by atoms with Crippen molar-refractivity contribution >= 4 is 29.3 Å². The Morgan fingerprint density at radius 2 is 1.96 bits per heavy atom. The molecule has 0 bridgehead atoms. The summed E-state index contributed by atoms with van der Waals surface area (Å²) < 4.78 is 11.5. The minimum absolute atomic E-state index is 0.0722. The highest BCUT2D eigenvalue weighted by Crippen LogP contribution is 2.31. The van der Waals surface area contributed by atoms with Crippen molar-refractivity contribution in [3.8, 4) is 11.5 Å². The predicted molar refractivity (Wildman–Crippen MR) is 95.6 cm³/mol. The lowest BCUT2D eigenvalue weighted by atomic mass is 10.2. The molecule has 0 radical (unpaired) electrons. The standard InChI is InChI=1S/C16H19N5O3S/c1-21(7-10-8-23-11-4-2-3-5-12(11)24-10)15(22)9-25-16-19-13(17)6-14(18)20-16/h2-6,10H,7-9H2,1H3,(H4,17,18,19,20). The molecule has 1 unspecified atom stereocenters. The topological polar surface area (TPSA) is 117 Å². The molecule has 0 aliphatic carbocycles. The van der Waals surface area contributed by atoms with Crippen molar-refractivity contribution < 1.29 is 14.3 Å². The lowest BCUT2D eigenvalue weighted by Gasteiger charge is -2.29. The zero-order valence-corrected chi connectivity index (χ0v) is 14.5. The van der Waals surface area contributed by atoms with Gasteiger partial charge in [0.25, 0.3) is 0 Å². The minimum atomic E-state index is -0.215. The molecule has 1 aliphatic heterocycles. The number of nitrogens with two attached hydrogens (primary N) is 2. The van der Waals surface area contributed by atoms with Gasteiger partial charge in [-0.2, -0.15) is 0 Å². The molecule has 3 rings (SSSR count). The molecule has 8 nitrogen and oxygen atoms in total. The van der Waals surface area contributed by atoms with E-state index in [0.29, 0.717) is 24.1 Å². The molecule has 0 saturated carbocycles. The molecule has 0 fully saturated rings. The second-order valence-corrected chi connectivity index (χ2v) is 6.50. The molecule has 1 aromatic carbocycles. The van der Waals surface area contributed by atoms with Crippen molar-refractivity contribution in [1.29, 1.82) is 0 Å². The van der Waals surface area contributed by atoms with Crippen molar-refractivity contribution in [2.45, 2.75) is 11.3 Å². The zero-order valence-electron chi connectivity index (χ0n) is 13.7. The number of nitrogen functional groups attached to an aromatic ring is 2. The average Bonchev–Trinajstić information content (AvgIpc) is 2.58. The Labute approximate surface area is 149 Å². The van der Waals surface area contributed by atoms with Gasteiger partial charge in [-0.05, 0) is 12.1 Å². The number of carbonyl (C=O) groups is 1. The van der Waals surface area contributed by atoms with E-state index in [1.807, 2.05) is 24.3 Å². The van der Waals surface area contributed by atoms with Crippen molar-refractivity contribution in [2.75, 3.05) is 37.4 Å². The van der Waals surface area contributed by atoms with Gasteiger partial charge in [0.05, 0.1) is 12.3 Å². The van der Waals surface area contributed by atoms with Gasteiger partial charge < -0.3 is 25.8 Å². The van der Waals surface area contributed by atoms with Gasteiger partial charge in [0.1, 0.15) is 18.2 Å². The molecule has 0 saturated heterocycles. The predicted octanol–water partition coefficient (Wildman–Crippen LogP) is 1.03. The largest absolute Gasteiger partial charge is 0.486 e. The summed E-state index contributed by atoms with van der Waals surface area (Å²) in [5.41, 5.74) is 11.2. The maximum Gasteiger partial charge on any atom is 0.232 e. The van der Waals surface area contributed by atoms with Gasteiger partial charge in [0, 0.05) is 13.1 Å². The molecular formula is C16H19N5O3S. The molecule has 2 aromatic rings. The molecule has 25 heavy (non-hydrogen) atoms. The van der Waals surface area contributed by atoms with E-state index in [1.54, 1.807) is 11.9 Å². The molecule has 4 N–H and O–H groups in total. The lowest BCUT2D eigenvalue weighted by molar-refractivity contribution is -0.128. The Hall–Kier alpha value is -2.68. The lowest BCUT2D eigenvalue weighted by Crippen LogP contribution is -2.42. The molecular weight excluding hydrogens is 342 g/mol. The summed E-state index contributed by atoms with van der Waals surface area (Å²) in [5, 5.41) is 0.380. The highest BCUT2D eigenvalue weighted by atomic mass is 32.2. The fourth-order valence-corrected chi connectivity index (χ4v) is 3.14. The number of ether oxygens (including phenoxy) is 2. The summed E-state index contributed by atoms with van der Waals surface area (Å²) >= 11 is 1.19. The van der Waals surface area contributed by atoms with Crippen molar-refractivity contribution in [3.05, 3.63) is 30.3 Å². The highest BCUT2D eigenvalue weighted by molar-refractivity contribution is 7.99. The van der Waals surface area contributed by atoms with E-state index in [0.717, 1.165) is 5.75 Å². The fraction of sp³-hybridized carbons (Fsp3) is 0.312. The molecule has 2 heterocycles. The summed E-state index contributed by atoms with van der Waals surface area (Å²) in [4.78, 5) is 22.0. The first kappa shape index (κ1) is 17.2. The summed E-state index contributed by atoms with van der Waals surface area (Å²) in [6.45, 7) is 0.824. The van der Waals surface area contributed by atoms with Crippen LogP contribution in [-0.2, 0) is 4.79 Å². The number of nitrogens with zero attached hydrogens (tertiary/aromatic N) is 3. The number of hydrogen-bond donors (Lipinski definition) is 2. The van der Waals surface area contributed by atoms with E-state index >= 15 is 0 Å². The Morgan fingerprint density at radius 3 is 2.68 bits per heavy atom. The number of benzene rings is 1. The number of thioether (sulfide) groups is 1. The van der Waals surface area contributed by atoms with Gasteiger partial charge in [-0.1, -0.05) is 23.9 Å². The normalized spacial score (nSPS) is 15.6. The first-order valence-electron chi connectivity index (χ1n) is 7.66. The Kier molecular flexibility index (Phi) is 5.13. The first-order chi connectivity index (χ1) is 12.0. The summed E-state index contributed by atoms with van der Waals surface area (Å²) in [7, 11) is 1.72. The van der Waals surface area contributed by atoms with Crippen LogP contribution in [0.1, 0.15) is 0 Å². The number of carbonyl (C=O) groups excluding carboxylic acids is 1. The van der Waals surface area contributed by atoms with Crippen LogP contribution in [0.15, 0.2) is 35.5 Å². The number of aromatic nitrogens is 2. The quantitative estimate of drug-likeness (QED) is 0.599. The van der Waals surface area contributed by atoms with Gasteiger partial charge in [-0.25, -0.2) is 9.97 Å². The van der Waals surface area contributed by atoms with Crippen LogP contribution < -0.4 is 20.9 Å². The number of likely N-dealkylation sites (N-methyl/N-ethyl adjacent to an activating group) is 1. The van der Waals surface area contributed by atoms with Crippen molar-refractivity contribution in [3.63, 3.8) is 0 Å². The molecule has 1 amide bonds. The number of rotatable bonds is 5. The number of anilines is 2. The van der Waals surface area contributed by atoms with E-state index in [4.69, 9.17) is 20.9 Å². The van der Waals surface area contributed by atoms with Crippen molar-refractivity contribution in [2.24, 2.45) is 0 Å². The van der Waals surface area contributed by atoms with E-state index in [9.17, 15) is 4.79 Å². The van der Waals surface area contributed by atoms with Crippen LogP contribution in [0, 0.1) is 0 Å². The van der Waals surface area contributed by atoms with Gasteiger partial charge in [0.15, 0.2) is 22.8 Å². The van der Waals surface area contributed by atoms with Crippen LogP contribution in [0.25, 0.3) is 0 Å². The minimum Gasteiger partial charge on any atom is -0.486 e. The molecule has 1 atom stereocenters. The Morgan fingerprint density at radius 1 is 1.28 bits per heavy atom. The van der Waals surface area contributed by atoms with Crippen LogP contribution in [0.4, 0.5) is 11.6 Å². The Bertz CT molecular complexity index is 753. The van der Waals surface area contributed by atoms with E-state index < -0.39 is 0 Å². The summed E-state index contributed by atoms with van der Waals surface area (Å²) in [6, 6.07) is 8.94. The second-order valence-electron chi connectivity index (χ2n) is 5.56. The van der Waals surface area contributed by atoms with Crippen molar-refractivity contribution in [1.82, 2.24) is 14.9 Å². The average molecular weight is 361 g/mol. The second kappa shape index (κ2) is 7.47. The maximum absolute atomic E-state index is 12.3. The van der Waals surface area contributed by atoms with Crippen LogP contribution in [0.3, 0.4) is 0 Å². The zero-order chi connectivity index (χ0) is 17.8. The number of fused-ring (bicyclic) bond motifs is 1. The third-order valence-electron chi connectivity index (χ3n) is 3.54. The third-order valence-corrected chi connectivity index (χ3v) is 4.37. The monoisotopic (exact) mass is 361 g/mol. The third kappa shape index (κ3) is 4.44. The molecule has 1 aromatic heterocycles. The molecule has 132 valence electrons. The van der Waals surface area contributed by atoms with E-state index in [-0.39, 0.29) is 29.4 Å².